The molecule has 3 N–H and O–H groups in total. The van der Waals surface area contributed by atoms with Crippen LogP contribution < -0.4 is 5.32 Å². The highest BCUT2D eigenvalue weighted by Crippen LogP contribution is 2.39. The van der Waals surface area contributed by atoms with E-state index >= 15 is 0 Å². The van der Waals surface area contributed by atoms with Gasteiger partial charge in [-0.2, -0.15) is 13.2 Å². The number of H-pyrrole nitrogens is 1. The van der Waals surface area contributed by atoms with E-state index in [1.54, 1.807) is 0 Å². The van der Waals surface area contributed by atoms with Crippen molar-refractivity contribution in [2.75, 3.05) is 18.5 Å². The van der Waals surface area contributed by atoms with Crippen molar-refractivity contribution in [3.05, 3.63) is 53.5 Å². The van der Waals surface area contributed by atoms with Crippen LogP contribution in [0, 0.1) is 0 Å². The summed E-state index contributed by atoms with van der Waals surface area (Å²) in [6, 6.07) is 9.29. The number of alkyl halides is 3. The fraction of sp³-hybridized carbons (Fsp3) is 0.455. The zero-order valence-electron chi connectivity index (χ0n) is 16.9. The van der Waals surface area contributed by atoms with E-state index in [4.69, 9.17) is 0 Å². The molecule has 3 atom stereocenters. The number of halogens is 3. The predicted molar refractivity (Wildman–Crippen MR) is 111 cm³/mol. The van der Waals surface area contributed by atoms with Gasteiger partial charge in [-0.05, 0) is 49.4 Å². The molecule has 9 heteroatoms. The van der Waals surface area contributed by atoms with Crippen molar-refractivity contribution in [3.63, 3.8) is 0 Å². The van der Waals surface area contributed by atoms with Gasteiger partial charge in [0.1, 0.15) is 23.5 Å². The Kier molecular flexibility index (Phi) is 5.10. The highest BCUT2D eigenvalue weighted by molar-refractivity contribution is 5.88. The van der Waals surface area contributed by atoms with Crippen LogP contribution in [-0.2, 0) is 12.6 Å². The molecule has 1 aliphatic heterocycles. The van der Waals surface area contributed by atoms with E-state index in [0.29, 0.717) is 11.2 Å². The molecule has 2 unspecified atom stereocenters. The maximum absolute atomic E-state index is 13.2. The smallest absolute Gasteiger partial charge is 0.395 e. The Bertz CT molecular complexity index is 1080. The first kappa shape index (κ1) is 20.3. The molecule has 3 heterocycles. The Morgan fingerprint density at radius 2 is 2.03 bits per heavy atom. The third-order valence-electron chi connectivity index (χ3n) is 6.57. The first-order valence-corrected chi connectivity index (χ1v) is 10.6. The van der Waals surface area contributed by atoms with Crippen LogP contribution in [-0.4, -0.2) is 50.2 Å². The van der Waals surface area contributed by atoms with Gasteiger partial charge in [-0.1, -0.05) is 24.3 Å². The third kappa shape index (κ3) is 3.65. The molecule has 0 spiro atoms. The molecule has 5 rings (SSSR count). The largest absolute Gasteiger partial charge is 0.431 e. The second-order valence-corrected chi connectivity index (χ2v) is 8.31. The van der Waals surface area contributed by atoms with E-state index in [1.165, 1.54) is 11.9 Å². The molecule has 3 aromatic rings. The van der Waals surface area contributed by atoms with E-state index in [1.807, 2.05) is 12.1 Å². The van der Waals surface area contributed by atoms with Crippen LogP contribution in [0.4, 0.5) is 19.0 Å². The zero-order chi connectivity index (χ0) is 21.6. The van der Waals surface area contributed by atoms with Gasteiger partial charge in [0.15, 0.2) is 0 Å². The second kappa shape index (κ2) is 7.80. The van der Waals surface area contributed by atoms with Crippen molar-refractivity contribution < 1.29 is 18.3 Å². The molecule has 0 amide bonds. The molecule has 2 aliphatic rings. The van der Waals surface area contributed by atoms with Crippen LogP contribution in [0.25, 0.3) is 11.0 Å². The molecular formula is C22H24F3N5O. The highest BCUT2D eigenvalue weighted by Gasteiger charge is 2.39. The zero-order valence-corrected chi connectivity index (χ0v) is 16.9. The average Bonchev–Trinajstić information content (AvgIpc) is 3.41. The lowest BCUT2D eigenvalue weighted by atomic mass is 9.83. The van der Waals surface area contributed by atoms with Crippen molar-refractivity contribution >= 4 is 16.9 Å². The fourth-order valence-corrected chi connectivity index (χ4v) is 5.12. The van der Waals surface area contributed by atoms with Crippen LogP contribution in [0.3, 0.4) is 0 Å². The first-order chi connectivity index (χ1) is 15.0. The Balaban J connectivity index is 1.55. The van der Waals surface area contributed by atoms with E-state index < -0.39 is 11.9 Å². The molecule has 0 saturated carbocycles. The van der Waals surface area contributed by atoms with Crippen molar-refractivity contribution in [2.45, 2.75) is 50.0 Å². The summed E-state index contributed by atoms with van der Waals surface area (Å²) in [6.07, 6.45) is 0.599. The Morgan fingerprint density at radius 1 is 1.19 bits per heavy atom. The number of fused-ring (bicyclic) bond motifs is 2. The van der Waals surface area contributed by atoms with Gasteiger partial charge < -0.3 is 15.4 Å². The van der Waals surface area contributed by atoms with Gasteiger partial charge >= 0.3 is 6.18 Å². The second-order valence-electron chi connectivity index (χ2n) is 8.31. The number of benzene rings is 1. The first-order valence-electron chi connectivity index (χ1n) is 10.6. The summed E-state index contributed by atoms with van der Waals surface area (Å²) >= 11 is 0. The van der Waals surface area contributed by atoms with Crippen molar-refractivity contribution in [3.8, 4) is 0 Å². The molecule has 31 heavy (non-hydrogen) atoms. The lowest BCUT2D eigenvalue weighted by Crippen LogP contribution is -2.48. The molecule has 164 valence electrons. The van der Waals surface area contributed by atoms with Gasteiger partial charge in [0.05, 0.1) is 18.0 Å². The minimum Gasteiger partial charge on any atom is -0.395 e. The number of aliphatic hydroxyl groups is 1. The van der Waals surface area contributed by atoms with E-state index in [0.717, 1.165) is 43.9 Å². The van der Waals surface area contributed by atoms with E-state index in [-0.39, 0.29) is 30.4 Å². The maximum atomic E-state index is 13.2. The molecule has 1 fully saturated rings. The lowest BCUT2D eigenvalue weighted by molar-refractivity contribution is -0.140. The number of aliphatic hydroxyl groups excluding tert-OH is 1. The van der Waals surface area contributed by atoms with Crippen LogP contribution >= 0.6 is 0 Å². The predicted octanol–water partition coefficient (Wildman–Crippen LogP) is 3.90. The minimum absolute atomic E-state index is 0.106. The summed E-state index contributed by atoms with van der Waals surface area (Å²) in [7, 11) is 0. The number of rotatable bonds is 4. The van der Waals surface area contributed by atoms with Gasteiger partial charge in [0.25, 0.3) is 0 Å². The van der Waals surface area contributed by atoms with E-state index in [9.17, 15) is 18.3 Å². The number of nitrogens with zero attached hydrogens (tertiary/aromatic N) is 3. The van der Waals surface area contributed by atoms with Crippen molar-refractivity contribution in [1.82, 2.24) is 19.9 Å². The normalized spacial score (nSPS) is 24.5. The van der Waals surface area contributed by atoms with Crippen molar-refractivity contribution in [1.29, 1.82) is 0 Å². The molecule has 6 nitrogen and oxygen atoms in total. The van der Waals surface area contributed by atoms with Crippen LogP contribution in [0.15, 0.2) is 36.7 Å². The topological polar surface area (TPSA) is 77.1 Å². The van der Waals surface area contributed by atoms with Gasteiger partial charge in [0.2, 0.25) is 0 Å². The molecule has 0 bridgehead atoms. The standard InChI is InChI=1S/C22H24F3N5O/c23-22(24,25)18-10-16-20(28-18)26-12-27-21(16)29-19-15-6-2-1-4-13(15)7-8-17(19)30-9-3-5-14(30)11-31/h1-2,4,6,10,12,14,17,19,31H,3,5,7-9,11H2,(H2,26,27,28,29)/t14-,17?,19?/m0/s1. The fourth-order valence-electron chi connectivity index (χ4n) is 5.12. The number of likely N-dealkylation sites (tertiary alicyclic amines) is 1. The average molecular weight is 431 g/mol. The number of nitrogens with one attached hydrogen (secondary N) is 2. The number of aromatic amines is 1. The third-order valence-corrected chi connectivity index (χ3v) is 6.57. The monoisotopic (exact) mass is 431 g/mol. The Morgan fingerprint density at radius 3 is 2.84 bits per heavy atom. The number of hydrogen-bond donors (Lipinski definition) is 3. The summed E-state index contributed by atoms with van der Waals surface area (Å²) in [4.78, 5) is 13.0. The summed E-state index contributed by atoms with van der Waals surface area (Å²) in [5.41, 5.74) is 1.67. The van der Waals surface area contributed by atoms with Gasteiger partial charge in [-0.3, -0.25) is 4.90 Å². The number of anilines is 1. The van der Waals surface area contributed by atoms with Gasteiger partial charge in [0, 0.05) is 12.1 Å². The minimum atomic E-state index is -4.48. The van der Waals surface area contributed by atoms with Gasteiger partial charge in [-0.25, -0.2) is 9.97 Å². The Hall–Kier alpha value is -2.65. The van der Waals surface area contributed by atoms with Crippen molar-refractivity contribution in [2.24, 2.45) is 0 Å². The Labute approximate surface area is 177 Å². The van der Waals surface area contributed by atoms with Crippen LogP contribution in [0.5, 0.6) is 0 Å². The molecular weight excluding hydrogens is 407 g/mol. The summed E-state index contributed by atoms with van der Waals surface area (Å²) < 4.78 is 39.7. The molecule has 1 saturated heterocycles. The number of aromatic nitrogens is 3. The number of hydrogen-bond acceptors (Lipinski definition) is 5. The van der Waals surface area contributed by atoms with Crippen LogP contribution in [0.2, 0.25) is 0 Å². The quantitative estimate of drug-likeness (QED) is 0.584. The maximum Gasteiger partial charge on any atom is 0.431 e. The van der Waals surface area contributed by atoms with Gasteiger partial charge in [-0.15, -0.1) is 0 Å². The summed E-state index contributed by atoms with van der Waals surface area (Å²) in [5.74, 6) is 0.378. The SMILES string of the molecule is OC[C@@H]1CCCN1C1CCc2ccccc2C1Nc1ncnc2[nH]c(C(F)(F)F)cc12. The molecule has 1 aromatic carbocycles. The highest BCUT2D eigenvalue weighted by atomic mass is 19.4. The molecule has 2 aromatic heterocycles. The van der Waals surface area contributed by atoms with Crippen LogP contribution in [0.1, 0.15) is 42.1 Å². The number of aryl methyl sites for hydroxylation is 1. The lowest BCUT2D eigenvalue weighted by Gasteiger charge is -2.42. The molecule has 0 radical (unpaired) electrons. The molecule has 1 aliphatic carbocycles. The van der Waals surface area contributed by atoms with E-state index in [2.05, 4.69) is 37.3 Å². The summed E-state index contributed by atoms with van der Waals surface area (Å²) in [5, 5.41) is 13.6. The summed E-state index contributed by atoms with van der Waals surface area (Å²) in [6.45, 7) is 1.01.